The van der Waals surface area contributed by atoms with Crippen molar-refractivity contribution >= 4 is 17.5 Å². The molecule has 1 amide bonds. The number of hydrogen-bond donors (Lipinski definition) is 0. The molecule has 0 N–H and O–H groups in total. The topological polar surface area (TPSA) is 59.2 Å². The zero-order valence-electron chi connectivity index (χ0n) is 14.0. The monoisotopic (exact) mass is 347 g/mol. The summed E-state index contributed by atoms with van der Waals surface area (Å²) in [5, 5.41) is 4.09. The molecule has 6 heteroatoms. The lowest BCUT2D eigenvalue weighted by Crippen LogP contribution is -2.46. The van der Waals surface area contributed by atoms with E-state index in [1.807, 2.05) is 49.1 Å². The van der Waals surface area contributed by atoms with Gasteiger partial charge in [0.05, 0.1) is 5.41 Å². The minimum absolute atomic E-state index is 0.0432. The molecule has 24 heavy (non-hydrogen) atoms. The third kappa shape index (κ3) is 3.31. The standard InChI is InChI=1S/C18H22ClN3O2/c1-18(2,12-19)17(23)22-11-7-6-10-14(22)16-20-15(21-24-16)13-8-4-3-5-9-13/h3-5,8-9,14H,6-7,10-12H2,1-2H3/t14-/m0/s1. The predicted molar refractivity (Wildman–Crippen MR) is 92.5 cm³/mol. The summed E-state index contributed by atoms with van der Waals surface area (Å²) in [4.78, 5) is 19.3. The summed E-state index contributed by atoms with van der Waals surface area (Å²) in [6.45, 7) is 4.45. The molecule has 0 aliphatic carbocycles. The molecule has 5 nitrogen and oxygen atoms in total. The average molecular weight is 348 g/mol. The fourth-order valence-corrected chi connectivity index (χ4v) is 3.07. The molecule has 1 atom stereocenters. The van der Waals surface area contributed by atoms with Gasteiger partial charge >= 0.3 is 0 Å². The van der Waals surface area contributed by atoms with Crippen molar-refractivity contribution in [2.45, 2.75) is 39.2 Å². The summed E-state index contributed by atoms with van der Waals surface area (Å²) in [5.41, 5.74) is 0.307. The molecule has 3 rings (SSSR count). The molecule has 128 valence electrons. The summed E-state index contributed by atoms with van der Waals surface area (Å²) >= 11 is 5.99. The van der Waals surface area contributed by atoms with Crippen LogP contribution in [0.3, 0.4) is 0 Å². The zero-order valence-corrected chi connectivity index (χ0v) is 14.8. The van der Waals surface area contributed by atoms with Crippen molar-refractivity contribution in [2.24, 2.45) is 5.41 Å². The Hall–Kier alpha value is -1.88. The highest BCUT2D eigenvalue weighted by molar-refractivity contribution is 6.19. The molecular weight excluding hydrogens is 326 g/mol. The van der Waals surface area contributed by atoms with E-state index in [1.54, 1.807) is 0 Å². The summed E-state index contributed by atoms with van der Waals surface area (Å²) in [6.07, 6.45) is 2.86. The minimum atomic E-state index is -0.598. The number of carbonyl (C=O) groups excluding carboxylic acids is 1. The summed E-state index contributed by atoms with van der Waals surface area (Å²) in [6, 6.07) is 9.53. The van der Waals surface area contributed by atoms with Gasteiger partial charge in [-0.3, -0.25) is 4.79 Å². The lowest BCUT2D eigenvalue weighted by molar-refractivity contribution is -0.144. The van der Waals surface area contributed by atoms with Crippen LogP contribution in [0.15, 0.2) is 34.9 Å². The normalized spacial score (nSPS) is 18.6. The number of benzene rings is 1. The molecule has 0 saturated carbocycles. The number of nitrogens with zero attached hydrogens (tertiary/aromatic N) is 3. The molecular formula is C18H22ClN3O2. The van der Waals surface area contributed by atoms with E-state index in [-0.39, 0.29) is 17.8 Å². The number of hydrogen-bond acceptors (Lipinski definition) is 4. The number of likely N-dealkylation sites (tertiary alicyclic amines) is 1. The molecule has 0 radical (unpaired) electrons. The first kappa shape index (κ1) is 17.0. The predicted octanol–water partition coefficient (Wildman–Crippen LogP) is 4.06. The second-order valence-electron chi connectivity index (χ2n) is 6.85. The van der Waals surface area contributed by atoms with E-state index in [0.29, 0.717) is 18.3 Å². The van der Waals surface area contributed by atoms with Gasteiger partial charge in [0.2, 0.25) is 17.6 Å². The first-order valence-corrected chi connectivity index (χ1v) is 8.82. The smallest absolute Gasteiger partial charge is 0.249 e. The van der Waals surface area contributed by atoms with Gasteiger partial charge in [-0.25, -0.2) is 0 Å². The van der Waals surface area contributed by atoms with Crippen LogP contribution in [0.1, 0.15) is 45.0 Å². The maximum atomic E-state index is 12.9. The van der Waals surface area contributed by atoms with Crippen LogP contribution in [0.25, 0.3) is 11.4 Å². The number of rotatable bonds is 4. The van der Waals surface area contributed by atoms with Gasteiger partial charge in [-0.05, 0) is 33.1 Å². The van der Waals surface area contributed by atoms with Crippen molar-refractivity contribution in [3.8, 4) is 11.4 Å². The van der Waals surface area contributed by atoms with Crippen molar-refractivity contribution in [2.75, 3.05) is 12.4 Å². The summed E-state index contributed by atoms with van der Waals surface area (Å²) < 4.78 is 5.50. The van der Waals surface area contributed by atoms with Crippen molar-refractivity contribution in [3.63, 3.8) is 0 Å². The van der Waals surface area contributed by atoms with Crippen molar-refractivity contribution in [1.82, 2.24) is 15.0 Å². The molecule has 1 aromatic heterocycles. The summed E-state index contributed by atoms with van der Waals surface area (Å²) in [7, 11) is 0. The van der Waals surface area contributed by atoms with Crippen LogP contribution >= 0.6 is 11.6 Å². The van der Waals surface area contributed by atoms with Crippen LogP contribution in [0.2, 0.25) is 0 Å². The van der Waals surface area contributed by atoms with Gasteiger partial charge in [-0.2, -0.15) is 4.98 Å². The van der Waals surface area contributed by atoms with Crippen LogP contribution in [0, 0.1) is 5.41 Å². The highest BCUT2D eigenvalue weighted by Gasteiger charge is 2.38. The van der Waals surface area contributed by atoms with Gasteiger partial charge in [-0.1, -0.05) is 35.5 Å². The number of aromatic nitrogens is 2. The Morgan fingerprint density at radius 3 is 2.79 bits per heavy atom. The second kappa shape index (κ2) is 6.93. The number of alkyl halides is 1. The van der Waals surface area contributed by atoms with Crippen molar-refractivity contribution < 1.29 is 9.32 Å². The number of halogens is 1. The van der Waals surface area contributed by atoms with E-state index in [2.05, 4.69) is 10.1 Å². The van der Waals surface area contributed by atoms with Crippen molar-refractivity contribution in [1.29, 1.82) is 0 Å². The van der Waals surface area contributed by atoms with E-state index < -0.39 is 5.41 Å². The summed E-state index contributed by atoms with van der Waals surface area (Å²) in [5.74, 6) is 1.39. The largest absolute Gasteiger partial charge is 0.337 e. The molecule has 0 bridgehead atoms. The van der Waals surface area contributed by atoms with E-state index >= 15 is 0 Å². The Balaban J connectivity index is 1.86. The zero-order chi connectivity index (χ0) is 17.2. The van der Waals surface area contributed by atoms with Crippen molar-refractivity contribution in [3.05, 3.63) is 36.2 Å². The molecule has 1 aliphatic heterocycles. The Bertz CT molecular complexity index is 699. The second-order valence-corrected chi connectivity index (χ2v) is 7.12. The average Bonchev–Trinajstić information content (AvgIpc) is 3.12. The first-order valence-electron chi connectivity index (χ1n) is 8.29. The third-order valence-electron chi connectivity index (χ3n) is 4.44. The highest BCUT2D eigenvalue weighted by Crippen LogP contribution is 2.34. The van der Waals surface area contributed by atoms with Crippen LogP contribution in [0.5, 0.6) is 0 Å². The van der Waals surface area contributed by atoms with Gasteiger partial charge in [0.15, 0.2) is 0 Å². The van der Waals surface area contributed by atoms with Gasteiger partial charge in [0.1, 0.15) is 6.04 Å². The Labute approximate surface area is 147 Å². The van der Waals surface area contributed by atoms with Crippen LogP contribution in [-0.2, 0) is 4.79 Å². The van der Waals surface area contributed by atoms with Gasteiger partial charge in [-0.15, -0.1) is 11.6 Å². The molecule has 2 aromatic rings. The molecule has 1 aliphatic rings. The van der Waals surface area contributed by atoms with Gasteiger partial charge in [0, 0.05) is 18.0 Å². The molecule has 2 heterocycles. The lowest BCUT2D eigenvalue weighted by atomic mass is 9.91. The first-order chi connectivity index (χ1) is 11.5. The Morgan fingerprint density at radius 1 is 1.33 bits per heavy atom. The van der Waals surface area contributed by atoms with Crippen LogP contribution in [0.4, 0.5) is 0 Å². The fraction of sp³-hybridized carbons (Fsp3) is 0.500. The number of carbonyl (C=O) groups is 1. The number of piperidine rings is 1. The maximum absolute atomic E-state index is 12.9. The third-order valence-corrected chi connectivity index (χ3v) is 5.10. The van der Waals surface area contributed by atoms with Gasteiger partial charge < -0.3 is 9.42 Å². The molecule has 1 saturated heterocycles. The fourth-order valence-electron chi connectivity index (χ4n) is 2.95. The lowest BCUT2D eigenvalue weighted by Gasteiger charge is -2.38. The SMILES string of the molecule is CC(C)(CCl)C(=O)N1CCCC[C@H]1c1nc(-c2ccccc2)no1. The van der Waals surface area contributed by atoms with E-state index in [9.17, 15) is 4.79 Å². The molecule has 1 fully saturated rings. The van der Waals surface area contributed by atoms with E-state index in [0.717, 1.165) is 24.8 Å². The maximum Gasteiger partial charge on any atom is 0.249 e. The van der Waals surface area contributed by atoms with Crippen LogP contribution < -0.4 is 0 Å². The molecule has 0 spiro atoms. The molecule has 0 unspecified atom stereocenters. The number of amides is 1. The Morgan fingerprint density at radius 2 is 2.08 bits per heavy atom. The van der Waals surface area contributed by atoms with Gasteiger partial charge in [0.25, 0.3) is 0 Å². The minimum Gasteiger partial charge on any atom is -0.337 e. The highest BCUT2D eigenvalue weighted by atomic mass is 35.5. The van der Waals surface area contributed by atoms with Crippen LogP contribution in [-0.4, -0.2) is 33.4 Å². The quantitative estimate of drug-likeness (QED) is 0.783. The Kier molecular flexibility index (Phi) is 4.90. The van der Waals surface area contributed by atoms with E-state index in [1.165, 1.54) is 0 Å². The van der Waals surface area contributed by atoms with E-state index in [4.69, 9.17) is 16.1 Å². The molecule has 1 aromatic carbocycles.